The lowest BCUT2D eigenvalue weighted by Crippen LogP contribution is -2.35. The first-order chi connectivity index (χ1) is 9.58. The summed E-state index contributed by atoms with van der Waals surface area (Å²) in [4.78, 5) is 11.1. The summed E-state index contributed by atoms with van der Waals surface area (Å²) < 4.78 is 5.96. The minimum atomic E-state index is -0.0463. The van der Waals surface area contributed by atoms with Gasteiger partial charge in [-0.05, 0) is 24.1 Å². The first-order valence-electron chi connectivity index (χ1n) is 6.90. The molecule has 6 heteroatoms. The molecule has 0 aliphatic carbocycles. The Hall–Kier alpha value is -0.810. The van der Waals surface area contributed by atoms with Gasteiger partial charge in [-0.1, -0.05) is 23.7 Å². The normalized spacial score (nSPS) is 22.0. The molecule has 2 rings (SSSR count). The Balaban J connectivity index is 0.00000220. The number of hydrogen-bond acceptors (Lipinski definition) is 3. The van der Waals surface area contributed by atoms with Crippen LogP contribution >= 0.6 is 24.0 Å². The van der Waals surface area contributed by atoms with Crippen LogP contribution < -0.4 is 10.6 Å². The van der Waals surface area contributed by atoms with Gasteiger partial charge in [0.2, 0.25) is 5.91 Å². The van der Waals surface area contributed by atoms with Crippen molar-refractivity contribution in [1.82, 2.24) is 10.6 Å². The second kappa shape index (κ2) is 8.59. The summed E-state index contributed by atoms with van der Waals surface area (Å²) in [7, 11) is 0. The van der Waals surface area contributed by atoms with Gasteiger partial charge in [0.25, 0.3) is 0 Å². The van der Waals surface area contributed by atoms with Crippen LogP contribution in [-0.4, -0.2) is 32.1 Å². The third-order valence-electron chi connectivity index (χ3n) is 3.55. The van der Waals surface area contributed by atoms with Crippen LogP contribution in [0, 0.1) is 12.8 Å². The van der Waals surface area contributed by atoms with E-state index in [0.29, 0.717) is 13.2 Å². The highest BCUT2D eigenvalue weighted by molar-refractivity contribution is 6.31. The Morgan fingerprint density at radius 3 is 2.95 bits per heavy atom. The fraction of sp³-hybridized carbons (Fsp3) is 0.533. The van der Waals surface area contributed by atoms with Crippen LogP contribution in [0.4, 0.5) is 0 Å². The van der Waals surface area contributed by atoms with Gasteiger partial charge in [-0.3, -0.25) is 4.79 Å². The number of rotatable bonds is 3. The molecule has 0 saturated carbocycles. The molecule has 1 heterocycles. The van der Waals surface area contributed by atoms with Crippen LogP contribution in [0.2, 0.25) is 5.02 Å². The van der Waals surface area contributed by atoms with Gasteiger partial charge in [-0.25, -0.2) is 0 Å². The number of hydrogen-bond donors (Lipinski definition) is 2. The zero-order chi connectivity index (χ0) is 14.5. The van der Waals surface area contributed by atoms with E-state index < -0.39 is 0 Å². The van der Waals surface area contributed by atoms with Gasteiger partial charge in [-0.15, -0.1) is 12.4 Å². The fourth-order valence-corrected chi connectivity index (χ4v) is 2.59. The van der Waals surface area contributed by atoms with Gasteiger partial charge in [0.15, 0.2) is 0 Å². The average Bonchev–Trinajstić information content (AvgIpc) is 2.65. The van der Waals surface area contributed by atoms with Crippen molar-refractivity contribution >= 4 is 29.9 Å². The number of amides is 1. The number of benzene rings is 1. The average molecular weight is 333 g/mol. The zero-order valence-electron chi connectivity index (χ0n) is 12.3. The lowest BCUT2D eigenvalue weighted by atomic mass is 9.94. The Bertz CT molecular complexity index is 483. The summed E-state index contributed by atoms with van der Waals surface area (Å²) in [5.41, 5.74) is 2.13. The summed E-state index contributed by atoms with van der Waals surface area (Å²) in [5, 5.41) is 6.97. The Labute approximate surface area is 137 Å². The minimum Gasteiger partial charge on any atom is -0.372 e. The lowest BCUT2D eigenvalue weighted by Gasteiger charge is -2.25. The third kappa shape index (κ3) is 5.15. The van der Waals surface area contributed by atoms with Gasteiger partial charge >= 0.3 is 0 Å². The van der Waals surface area contributed by atoms with Crippen LogP contribution in [0.1, 0.15) is 24.2 Å². The molecule has 2 N–H and O–H groups in total. The molecule has 0 bridgehead atoms. The molecule has 21 heavy (non-hydrogen) atoms. The number of aryl methyl sites for hydroxylation is 1. The first-order valence-corrected chi connectivity index (χ1v) is 7.28. The van der Waals surface area contributed by atoms with Crippen LogP contribution in [0.15, 0.2) is 18.2 Å². The van der Waals surface area contributed by atoms with Crippen molar-refractivity contribution < 1.29 is 9.53 Å². The van der Waals surface area contributed by atoms with Crippen molar-refractivity contribution in [1.29, 1.82) is 0 Å². The predicted octanol–water partition coefficient (Wildman–Crippen LogP) is 2.48. The molecular weight excluding hydrogens is 311 g/mol. The van der Waals surface area contributed by atoms with Crippen LogP contribution in [0.5, 0.6) is 0 Å². The molecular formula is C15H22Cl2N2O2. The molecule has 2 unspecified atom stereocenters. The number of halogens is 2. The van der Waals surface area contributed by atoms with Gasteiger partial charge < -0.3 is 15.4 Å². The summed E-state index contributed by atoms with van der Waals surface area (Å²) in [6, 6.07) is 6.03. The van der Waals surface area contributed by atoms with Crippen molar-refractivity contribution in [2.24, 2.45) is 5.92 Å². The summed E-state index contributed by atoms with van der Waals surface area (Å²) in [6.45, 7) is 6.41. The Kier molecular flexibility index (Phi) is 7.46. The standard InChI is InChI=1S/C15H21ClN2O2.ClH/c1-10-3-4-12(7-14(10)16)15-13(9-18-11(2)19)8-17-5-6-20-15;/h3-4,7,13,15,17H,5-6,8-9H2,1-2H3,(H,18,19);1H. The second-order valence-corrected chi connectivity index (χ2v) is 5.61. The van der Waals surface area contributed by atoms with E-state index in [1.807, 2.05) is 19.1 Å². The molecule has 4 nitrogen and oxygen atoms in total. The maximum atomic E-state index is 11.1. The van der Waals surface area contributed by atoms with Crippen molar-refractivity contribution in [2.75, 3.05) is 26.2 Å². The fourth-order valence-electron chi connectivity index (χ4n) is 2.40. The summed E-state index contributed by atoms with van der Waals surface area (Å²) >= 11 is 6.21. The Morgan fingerprint density at radius 1 is 1.52 bits per heavy atom. The molecule has 0 radical (unpaired) electrons. The summed E-state index contributed by atoms with van der Waals surface area (Å²) in [5.74, 6) is 0.176. The monoisotopic (exact) mass is 332 g/mol. The Morgan fingerprint density at radius 2 is 2.29 bits per heavy atom. The highest BCUT2D eigenvalue weighted by atomic mass is 35.5. The maximum absolute atomic E-state index is 11.1. The maximum Gasteiger partial charge on any atom is 0.216 e. The molecule has 1 aromatic carbocycles. The first kappa shape index (κ1) is 18.2. The SMILES string of the molecule is CC(=O)NCC1CNCCOC1c1ccc(C)c(Cl)c1.Cl. The van der Waals surface area contributed by atoms with Crippen molar-refractivity contribution in [2.45, 2.75) is 20.0 Å². The number of nitrogens with one attached hydrogen (secondary N) is 2. The third-order valence-corrected chi connectivity index (χ3v) is 3.96. The zero-order valence-corrected chi connectivity index (χ0v) is 13.9. The number of carbonyl (C=O) groups is 1. The van der Waals surface area contributed by atoms with E-state index in [2.05, 4.69) is 16.7 Å². The summed E-state index contributed by atoms with van der Waals surface area (Å²) in [6.07, 6.45) is -0.0463. The van der Waals surface area contributed by atoms with E-state index in [1.165, 1.54) is 6.92 Å². The van der Waals surface area contributed by atoms with E-state index >= 15 is 0 Å². The molecule has 1 amide bonds. The minimum absolute atomic E-state index is 0. The molecule has 2 atom stereocenters. The quantitative estimate of drug-likeness (QED) is 0.894. The van der Waals surface area contributed by atoms with Gasteiger partial charge in [0, 0.05) is 37.5 Å². The molecule has 1 aliphatic rings. The molecule has 1 aromatic rings. The van der Waals surface area contributed by atoms with Gasteiger partial charge in [0.1, 0.15) is 0 Å². The van der Waals surface area contributed by atoms with Gasteiger partial charge in [0.05, 0.1) is 12.7 Å². The van der Waals surface area contributed by atoms with E-state index in [0.717, 1.165) is 29.2 Å². The molecule has 1 saturated heterocycles. The van der Waals surface area contributed by atoms with E-state index in [1.54, 1.807) is 0 Å². The van der Waals surface area contributed by atoms with Crippen molar-refractivity contribution in [3.8, 4) is 0 Å². The van der Waals surface area contributed by atoms with Crippen LogP contribution in [0.25, 0.3) is 0 Å². The highest BCUT2D eigenvalue weighted by Crippen LogP contribution is 2.30. The molecule has 1 aliphatic heterocycles. The second-order valence-electron chi connectivity index (χ2n) is 5.20. The molecule has 0 spiro atoms. The molecule has 0 aromatic heterocycles. The van der Waals surface area contributed by atoms with E-state index in [4.69, 9.17) is 16.3 Å². The highest BCUT2D eigenvalue weighted by Gasteiger charge is 2.26. The molecule has 118 valence electrons. The van der Waals surface area contributed by atoms with E-state index in [9.17, 15) is 4.79 Å². The smallest absolute Gasteiger partial charge is 0.216 e. The number of carbonyl (C=O) groups excluding carboxylic acids is 1. The van der Waals surface area contributed by atoms with Gasteiger partial charge in [-0.2, -0.15) is 0 Å². The topological polar surface area (TPSA) is 50.4 Å². The van der Waals surface area contributed by atoms with Crippen LogP contribution in [-0.2, 0) is 9.53 Å². The lowest BCUT2D eigenvalue weighted by molar-refractivity contribution is -0.119. The van der Waals surface area contributed by atoms with Crippen molar-refractivity contribution in [3.05, 3.63) is 34.3 Å². The number of ether oxygens (including phenoxy) is 1. The van der Waals surface area contributed by atoms with E-state index in [-0.39, 0.29) is 30.3 Å². The predicted molar refractivity (Wildman–Crippen MR) is 87.2 cm³/mol. The largest absolute Gasteiger partial charge is 0.372 e. The molecule has 1 fully saturated rings. The van der Waals surface area contributed by atoms with Crippen LogP contribution in [0.3, 0.4) is 0 Å². The van der Waals surface area contributed by atoms with Crippen molar-refractivity contribution in [3.63, 3.8) is 0 Å².